The van der Waals surface area contributed by atoms with Crippen LogP contribution >= 0.6 is 0 Å². The minimum atomic E-state index is -0.431. The molecular formula is C12H10FN5O. The van der Waals surface area contributed by atoms with Gasteiger partial charge in [0.1, 0.15) is 12.1 Å². The molecule has 2 aromatic rings. The monoisotopic (exact) mass is 259 g/mol. The number of carbonyl (C=O) groups excluding carboxylic acids is 1. The predicted octanol–water partition coefficient (Wildman–Crippen LogP) is 1.82. The van der Waals surface area contributed by atoms with E-state index >= 15 is 0 Å². The molecule has 3 rings (SSSR count). The molecule has 19 heavy (non-hydrogen) atoms. The summed E-state index contributed by atoms with van der Waals surface area (Å²) in [6, 6.07) is 0.694. The van der Waals surface area contributed by atoms with Gasteiger partial charge in [0, 0.05) is 31.2 Å². The summed E-state index contributed by atoms with van der Waals surface area (Å²) in [5.74, 6) is -0.431. The van der Waals surface area contributed by atoms with Gasteiger partial charge in [-0.2, -0.15) is 5.10 Å². The molecule has 0 fully saturated rings. The topological polar surface area (TPSA) is 63.4 Å². The quantitative estimate of drug-likeness (QED) is 0.784. The highest BCUT2D eigenvalue weighted by molar-refractivity contribution is 5.80. The van der Waals surface area contributed by atoms with Crippen molar-refractivity contribution >= 4 is 12.2 Å². The molecule has 2 aromatic heterocycles. The van der Waals surface area contributed by atoms with E-state index in [0.29, 0.717) is 12.0 Å². The van der Waals surface area contributed by atoms with Crippen molar-refractivity contribution in [1.29, 1.82) is 0 Å². The molecule has 0 aliphatic carbocycles. The van der Waals surface area contributed by atoms with Gasteiger partial charge in [-0.3, -0.25) is 9.55 Å². The molecular weight excluding hydrogens is 249 g/mol. The fourth-order valence-corrected chi connectivity index (χ4v) is 1.98. The van der Waals surface area contributed by atoms with Crippen molar-refractivity contribution in [2.45, 2.75) is 12.5 Å². The first-order valence-corrected chi connectivity index (χ1v) is 5.70. The third-order valence-corrected chi connectivity index (χ3v) is 2.86. The second-order valence-corrected chi connectivity index (χ2v) is 4.08. The van der Waals surface area contributed by atoms with E-state index in [4.69, 9.17) is 0 Å². The summed E-state index contributed by atoms with van der Waals surface area (Å²) in [6.07, 6.45) is 9.28. The second-order valence-electron chi connectivity index (χ2n) is 4.08. The zero-order chi connectivity index (χ0) is 13.2. The van der Waals surface area contributed by atoms with E-state index in [9.17, 15) is 9.18 Å². The fraction of sp³-hybridized carbons (Fsp3) is 0.167. The van der Waals surface area contributed by atoms with Crippen molar-refractivity contribution in [3.63, 3.8) is 0 Å². The summed E-state index contributed by atoms with van der Waals surface area (Å²) >= 11 is 0. The molecule has 0 spiro atoms. The van der Waals surface area contributed by atoms with Crippen molar-refractivity contribution in [2.75, 3.05) is 0 Å². The van der Waals surface area contributed by atoms with Crippen molar-refractivity contribution in [3.8, 4) is 0 Å². The van der Waals surface area contributed by atoms with E-state index in [2.05, 4.69) is 15.1 Å². The normalized spacial score (nSPS) is 17.9. The number of aromatic nitrogens is 3. The van der Waals surface area contributed by atoms with E-state index in [1.807, 2.05) is 0 Å². The molecule has 0 aromatic carbocycles. The summed E-state index contributed by atoms with van der Waals surface area (Å²) in [5, 5.41) is 5.34. The van der Waals surface area contributed by atoms with Crippen molar-refractivity contribution < 1.29 is 9.18 Å². The molecule has 96 valence electrons. The maximum absolute atomic E-state index is 13.2. The lowest BCUT2D eigenvalue weighted by molar-refractivity contribution is 0.187. The van der Waals surface area contributed by atoms with E-state index in [1.54, 1.807) is 6.21 Å². The molecule has 0 saturated carbocycles. The highest BCUT2D eigenvalue weighted by Crippen LogP contribution is 2.28. The molecule has 0 unspecified atom stereocenters. The minimum absolute atomic E-state index is 0.333. The Bertz CT molecular complexity index is 625. The summed E-state index contributed by atoms with van der Waals surface area (Å²) in [6.45, 7) is 0. The predicted molar refractivity (Wildman–Crippen MR) is 64.9 cm³/mol. The molecule has 1 atom stereocenters. The largest absolute Gasteiger partial charge is 0.350 e. The van der Waals surface area contributed by atoms with Crippen LogP contribution in [-0.2, 0) is 0 Å². The van der Waals surface area contributed by atoms with Crippen LogP contribution in [0, 0.1) is 5.82 Å². The van der Waals surface area contributed by atoms with Gasteiger partial charge in [0.2, 0.25) is 0 Å². The Labute approximate surface area is 108 Å². The minimum Gasteiger partial charge on any atom is -0.261 e. The molecule has 0 saturated heterocycles. The van der Waals surface area contributed by atoms with E-state index in [0.717, 1.165) is 6.20 Å². The molecule has 7 heteroatoms. The van der Waals surface area contributed by atoms with E-state index in [-0.39, 0.29) is 12.1 Å². The number of imidazole rings is 1. The number of amides is 1. The first kappa shape index (κ1) is 11.5. The van der Waals surface area contributed by atoms with Crippen LogP contribution in [0.2, 0.25) is 0 Å². The standard InChI is InChI=1S/C12H10FN5O/c13-10-5-9(6-15-7-10)11-1-2-16-18(11)12(19)17-4-3-14-8-17/h2-8,11H,1H2/t11-/m0/s1. The zero-order valence-corrected chi connectivity index (χ0v) is 9.85. The Morgan fingerprint density at radius 3 is 3.00 bits per heavy atom. The van der Waals surface area contributed by atoms with Crippen molar-refractivity contribution in [3.05, 3.63) is 48.6 Å². The third-order valence-electron chi connectivity index (χ3n) is 2.86. The van der Waals surface area contributed by atoms with Crippen LogP contribution in [0.3, 0.4) is 0 Å². The Hall–Kier alpha value is -2.57. The lowest BCUT2D eigenvalue weighted by Crippen LogP contribution is -2.30. The number of hydrogen-bond donors (Lipinski definition) is 0. The summed E-state index contributed by atoms with van der Waals surface area (Å²) in [7, 11) is 0. The lowest BCUT2D eigenvalue weighted by Gasteiger charge is -2.21. The number of hydrazone groups is 1. The molecule has 6 nitrogen and oxygen atoms in total. The Kier molecular flexibility index (Phi) is 2.79. The van der Waals surface area contributed by atoms with Gasteiger partial charge >= 0.3 is 6.03 Å². The van der Waals surface area contributed by atoms with Gasteiger partial charge in [-0.25, -0.2) is 19.2 Å². The Morgan fingerprint density at radius 2 is 2.26 bits per heavy atom. The van der Waals surface area contributed by atoms with Crippen LogP contribution in [0.1, 0.15) is 18.0 Å². The van der Waals surface area contributed by atoms with Gasteiger partial charge < -0.3 is 0 Å². The summed E-state index contributed by atoms with van der Waals surface area (Å²) < 4.78 is 14.5. The van der Waals surface area contributed by atoms with E-state index in [1.165, 1.54) is 40.6 Å². The molecule has 3 heterocycles. The molecule has 1 amide bonds. The van der Waals surface area contributed by atoms with Crippen LogP contribution in [0.5, 0.6) is 0 Å². The highest BCUT2D eigenvalue weighted by Gasteiger charge is 2.29. The average Bonchev–Trinajstić information content (AvgIpc) is 3.09. The molecule has 0 bridgehead atoms. The molecule has 0 radical (unpaired) electrons. The third kappa shape index (κ3) is 2.10. The number of nitrogens with zero attached hydrogens (tertiary/aromatic N) is 5. The number of rotatable bonds is 1. The number of hydrogen-bond acceptors (Lipinski definition) is 4. The Balaban J connectivity index is 1.89. The lowest BCUT2D eigenvalue weighted by atomic mass is 10.1. The fourth-order valence-electron chi connectivity index (χ4n) is 1.98. The van der Waals surface area contributed by atoms with Crippen LogP contribution in [-0.4, -0.2) is 31.8 Å². The zero-order valence-electron chi connectivity index (χ0n) is 9.85. The van der Waals surface area contributed by atoms with Crippen LogP contribution < -0.4 is 0 Å². The SMILES string of the molecule is O=C(N1N=CC[C@H]1c1cncc(F)c1)n1ccnc1. The maximum atomic E-state index is 13.2. The van der Waals surface area contributed by atoms with Crippen LogP contribution in [0.4, 0.5) is 9.18 Å². The molecule has 0 N–H and O–H groups in total. The number of carbonyl (C=O) groups is 1. The van der Waals surface area contributed by atoms with Gasteiger partial charge in [0.15, 0.2) is 0 Å². The smallest absolute Gasteiger partial charge is 0.261 e. The first-order valence-electron chi connectivity index (χ1n) is 5.70. The summed E-state index contributed by atoms with van der Waals surface area (Å²) in [5.41, 5.74) is 0.617. The van der Waals surface area contributed by atoms with Crippen LogP contribution in [0.25, 0.3) is 0 Å². The highest BCUT2D eigenvalue weighted by atomic mass is 19.1. The second kappa shape index (κ2) is 4.60. The Morgan fingerprint density at radius 1 is 1.37 bits per heavy atom. The van der Waals surface area contributed by atoms with E-state index < -0.39 is 5.82 Å². The van der Waals surface area contributed by atoms with Gasteiger partial charge in [-0.15, -0.1) is 0 Å². The van der Waals surface area contributed by atoms with Crippen molar-refractivity contribution in [1.82, 2.24) is 19.5 Å². The van der Waals surface area contributed by atoms with Crippen LogP contribution in [0.15, 0.2) is 42.3 Å². The van der Waals surface area contributed by atoms with Crippen molar-refractivity contribution in [2.24, 2.45) is 5.10 Å². The van der Waals surface area contributed by atoms with Gasteiger partial charge in [-0.1, -0.05) is 0 Å². The first-order chi connectivity index (χ1) is 9.25. The number of pyridine rings is 1. The van der Waals surface area contributed by atoms with Gasteiger partial charge in [0.05, 0.1) is 12.2 Å². The average molecular weight is 259 g/mol. The van der Waals surface area contributed by atoms with Gasteiger partial charge in [0.25, 0.3) is 0 Å². The summed E-state index contributed by atoms with van der Waals surface area (Å²) in [4.78, 5) is 19.8. The number of halogens is 1. The maximum Gasteiger partial charge on any atom is 0.350 e. The molecule has 1 aliphatic rings. The molecule has 1 aliphatic heterocycles. The van der Waals surface area contributed by atoms with Gasteiger partial charge in [-0.05, 0) is 11.6 Å².